The van der Waals surface area contributed by atoms with Gasteiger partial charge in [-0.25, -0.2) is 4.79 Å². The van der Waals surface area contributed by atoms with Gasteiger partial charge in [0.15, 0.2) is 0 Å². The van der Waals surface area contributed by atoms with Gasteiger partial charge in [0.1, 0.15) is 6.04 Å². The summed E-state index contributed by atoms with van der Waals surface area (Å²) in [6, 6.07) is 9.21. The van der Waals surface area contributed by atoms with E-state index in [1.54, 1.807) is 36.4 Å². The minimum absolute atomic E-state index is 0.0546. The van der Waals surface area contributed by atoms with Crippen molar-refractivity contribution in [1.82, 2.24) is 10.6 Å². The average molecular weight is 374 g/mol. The molecule has 4 amide bonds. The van der Waals surface area contributed by atoms with Gasteiger partial charge >= 0.3 is 6.03 Å². The first-order valence-electron chi connectivity index (χ1n) is 8.14. The molecule has 0 spiro atoms. The summed E-state index contributed by atoms with van der Waals surface area (Å²) >= 11 is 1.33. The molecule has 0 aliphatic carbocycles. The Hall–Kier alpha value is -2.87. The summed E-state index contributed by atoms with van der Waals surface area (Å²) in [5.74, 6) is -0.555. The first-order valence-corrected chi connectivity index (χ1v) is 9.02. The summed E-state index contributed by atoms with van der Waals surface area (Å²) in [6.45, 7) is 4.07. The molecule has 2 rings (SSSR count). The fraction of sp³-hybridized carbons (Fsp3) is 0.278. The van der Waals surface area contributed by atoms with Crippen molar-refractivity contribution < 1.29 is 14.4 Å². The molecule has 0 fully saturated rings. The number of hydrogen-bond donors (Lipinski definition) is 4. The Morgan fingerprint density at radius 3 is 2.35 bits per heavy atom. The molecule has 0 radical (unpaired) electrons. The third-order valence-corrected chi connectivity index (χ3v) is 4.54. The Morgan fingerprint density at radius 1 is 1.12 bits per heavy atom. The van der Waals surface area contributed by atoms with Gasteiger partial charge in [-0.2, -0.15) is 0 Å². The van der Waals surface area contributed by atoms with Gasteiger partial charge < -0.3 is 21.7 Å². The number of carbonyl (C=O) groups is 3. The van der Waals surface area contributed by atoms with E-state index in [1.807, 2.05) is 19.2 Å². The Kier molecular flexibility index (Phi) is 6.74. The SMILES string of the molecule is CC(C)C(NC(=O)c1cccs1)C(=O)NCc1ccc(NC(N)=O)cc1. The molecule has 0 saturated heterocycles. The summed E-state index contributed by atoms with van der Waals surface area (Å²) in [4.78, 5) is 36.1. The second kappa shape index (κ2) is 9.00. The van der Waals surface area contributed by atoms with Gasteiger partial charge in [-0.05, 0) is 35.1 Å². The van der Waals surface area contributed by atoms with Crippen LogP contribution in [-0.2, 0) is 11.3 Å². The fourth-order valence-electron chi connectivity index (χ4n) is 2.30. The van der Waals surface area contributed by atoms with E-state index in [2.05, 4.69) is 16.0 Å². The number of urea groups is 1. The molecule has 1 aromatic heterocycles. The van der Waals surface area contributed by atoms with E-state index >= 15 is 0 Å². The summed E-state index contributed by atoms with van der Waals surface area (Å²) in [7, 11) is 0. The predicted molar refractivity (Wildman–Crippen MR) is 102 cm³/mol. The molecule has 1 heterocycles. The first kappa shape index (κ1) is 19.5. The topological polar surface area (TPSA) is 113 Å². The van der Waals surface area contributed by atoms with Crippen LogP contribution < -0.4 is 21.7 Å². The van der Waals surface area contributed by atoms with Gasteiger partial charge in [0.25, 0.3) is 5.91 Å². The zero-order valence-corrected chi connectivity index (χ0v) is 15.4. The van der Waals surface area contributed by atoms with E-state index in [-0.39, 0.29) is 17.7 Å². The van der Waals surface area contributed by atoms with Crippen molar-refractivity contribution in [2.75, 3.05) is 5.32 Å². The highest BCUT2D eigenvalue weighted by Crippen LogP contribution is 2.11. The monoisotopic (exact) mass is 374 g/mol. The average Bonchev–Trinajstić information content (AvgIpc) is 3.12. The number of nitrogens with two attached hydrogens (primary N) is 1. The van der Waals surface area contributed by atoms with Gasteiger partial charge in [-0.1, -0.05) is 32.0 Å². The van der Waals surface area contributed by atoms with E-state index in [1.165, 1.54) is 11.3 Å². The third-order valence-electron chi connectivity index (χ3n) is 3.67. The zero-order chi connectivity index (χ0) is 19.1. The summed E-state index contributed by atoms with van der Waals surface area (Å²) in [5, 5.41) is 9.90. The predicted octanol–water partition coefficient (Wildman–Crippen LogP) is 2.31. The van der Waals surface area contributed by atoms with Crippen LogP contribution in [0.25, 0.3) is 0 Å². The number of anilines is 1. The van der Waals surface area contributed by atoms with Crippen LogP contribution in [0.1, 0.15) is 29.1 Å². The Balaban J connectivity index is 1.93. The molecule has 138 valence electrons. The van der Waals surface area contributed by atoms with Crippen LogP contribution in [0.15, 0.2) is 41.8 Å². The number of thiophene rings is 1. The van der Waals surface area contributed by atoms with Crippen molar-refractivity contribution in [3.63, 3.8) is 0 Å². The van der Waals surface area contributed by atoms with Crippen LogP contribution >= 0.6 is 11.3 Å². The van der Waals surface area contributed by atoms with Gasteiger partial charge in [0, 0.05) is 12.2 Å². The van der Waals surface area contributed by atoms with Gasteiger partial charge in [-0.3, -0.25) is 9.59 Å². The first-order chi connectivity index (χ1) is 12.4. The van der Waals surface area contributed by atoms with Crippen molar-refractivity contribution in [3.05, 3.63) is 52.2 Å². The third kappa shape index (κ3) is 5.59. The highest BCUT2D eigenvalue weighted by molar-refractivity contribution is 7.12. The molecule has 0 bridgehead atoms. The van der Waals surface area contributed by atoms with Gasteiger partial charge in [-0.15, -0.1) is 11.3 Å². The van der Waals surface area contributed by atoms with E-state index in [0.717, 1.165) is 5.56 Å². The summed E-state index contributed by atoms with van der Waals surface area (Å²) < 4.78 is 0. The van der Waals surface area contributed by atoms with E-state index in [9.17, 15) is 14.4 Å². The van der Waals surface area contributed by atoms with Crippen LogP contribution in [-0.4, -0.2) is 23.9 Å². The Morgan fingerprint density at radius 2 is 1.81 bits per heavy atom. The lowest BCUT2D eigenvalue weighted by Crippen LogP contribution is -2.49. The smallest absolute Gasteiger partial charge is 0.316 e. The van der Waals surface area contributed by atoms with Crippen LogP contribution in [0.4, 0.5) is 10.5 Å². The maximum atomic E-state index is 12.5. The summed E-state index contributed by atoms with van der Waals surface area (Å²) in [5.41, 5.74) is 6.50. The number of primary amides is 1. The van der Waals surface area contributed by atoms with Crippen molar-refractivity contribution >= 4 is 34.9 Å². The van der Waals surface area contributed by atoms with Crippen molar-refractivity contribution in [1.29, 1.82) is 0 Å². The second-order valence-corrected chi connectivity index (χ2v) is 7.02. The molecule has 1 aromatic carbocycles. The minimum Gasteiger partial charge on any atom is -0.351 e. The molecule has 26 heavy (non-hydrogen) atoms. The number of nitrogens with one attached hydrogen (secondary N) is 3. The number of rotatable bonds is 7. The largest absolute Gasteiger partial charge is 0.351 e. The molecule has 1 atom stereocenters. The molecule has 2 aromatic rings. The summed E-state index contributed by atoms with van der Waals surface area (Å²) in [6.07, 6.45) is 0. The molecule has 0 aliphatic heterocycles. The van der Waals surface area contributed by atoms with Gasteiger partial charge in [0.05, 0.1) is 4.88 Å². The van der Waals surface area contributed by atoms with E-state index < -0.39 is 12.1 Å². The molecule has 0 saturated carbocycles. The molecule has 0 aliphatic rings. The van der Waals surface area contributed by atoms with Crippen LogP contribution in [0.5, 0.6) is 0 Å². The van der Waals surface area contributed by atoms with Crippen LogP contribution in [0.2, 0.25) is 0 Å². The molecular weight excluding hydrogens is 352 g/mol. The molecule has 1 unspecified atom stereocenters. The Bertz CT molecular complexity index is 757. The lowest BCUT2D eigenvalue weighted by Gasteiger charge is -2.21. The van der Waals surface area contributed by atoms with E-state index in [0.29, 0.717) is 17.1 Å². The van der Waals surface area contributed by atoms with Crippen molar-refractivity contribution in [3.8, 4) is 0 Å². The van der Waals surface area contributed by atoms with E-state index in [4.69, 9.17) is 5.73 Å². The molecular formula is C18H22N4O3S. The normalized spacial score (nSPS) is 11.7. The lowest BCUT2D eigenvalue weighted by atomic mass is 10.0. The minimum atomic E-state index is -0.632. The maximum absolute atomic E-state index is 12.5. The Labute approximate surface area is 156 Å². The second-order valence-electron chi connectivity index (χ2n) is 6.08. The van der Waals surface area contributed by atoms with Gasteiger partial charge in [0.2, 0.25) is 5.91 Å². The lowest BCUT2D eigenvalue weighted by molar-refractivity contribution is -0.124. The molecule has 7 nitrogen and oxygen atoms in total. The van der Waals surface area contributed by atoms with Crippen molar-refractivity contribution in [2.45, 2.75) is 26.4 Å². The quantitative estimate of drug-likeness (QED) is 0.596. The van der Waals surface area contributed by atoms with Crippen LogP contribution in [0.3, 0.4) is 0 Å². The standard InChI is InChI=1S/C18H22N4O3S/c1-11(2)15(22-16(23)14-4-3-9-26-14)17(24)20-10-12-5-7-13(8-6-12)21-18(19)25/h3-9,11,15H,10H2,1-2H3,(H,20,24)(H,22,23)(H3,19,21,25). The molecule has 8 heteroatoms. The number of carbonyl (C=O) groups excluding carboxylic acids is 3. The van der Waals surface area contributed by atoms with Crippen molar-refractivity contribution in [2.24, 2.45) is 11.7 Å². The highest BCUT2D eigenvalue weighted by atomic mass is 32.1. The molecule has 5 N–H and O–H groups in total. The number of amides is 4. The zero-order valence-electron chi connectivity index (χ0n) is 14.6. The van der Waals surface area contributed by atoms with Crippen LogP contribution in [0, 0.1) is 5.92 Å². The maximum Gasteiger partial charge on any atom is 0.316 e. The number of hydrogen-bond acceptors (Lipinski definition) is 4. The highest BCUT2D eigenvalue weighted by Gasteiger charge is 2.24. The number of benzene rings is 1. The fourth-order valence-corrected chi connectivity index (χ4v) is 2.93.